The van der Waals surface area contributed by atoms with Crippen molar-refractivity contribution in [1.82, 2.24) is 20.9 Å². The molecule has 2 aromatic carbocycles. The third kappa shape index (κ3) is 4.47. The van der Waals surface area contributed by atoms with E-state index in [2.05, 4.69) is 16.0 Å². The molecule has 0 spiro atoms. The number of benzene rings is 2. The lowest BCUT2D eigenvalue weighted by molar-refractivity contribution is -0.117. The number of likely N-dealkylation sites (N-methyl/N-ethyl adjacent to an activating group) is 1. The van der Waals surface area contributed by atoms with Crippen molar-refractivity contribution in [2.75, 3.05) is 31.6 Å². The normalized spacial score (nSPS) is 29.2. The number of para-hydroxylation sites is 1. The molecule has 10 heteroatoms. The zero-order valence-electron chi connectivity index (χ0n) is 20.7. The Morgan fingerprint density at radius 3 is 2.70 bits per heavy atom. The molecular formula is C27H30FN5O3S. The number of amides is 3. The maximum atomic E-state index is 14.3. The van der Waals surface area contributed by atoms with E-state index in [0.717, 1.165) is 30.0 Å². The minimum absolute atomic E-state index is 0.0361. The van der Waals surface area contributed by atoms with Crippen LogP contribution in [-0.2, 0) is 4.79 Å². The Hall–Kier alpha value is -3.08. The van der Waals surface area contributed by atoms with E-state index in [1.165, 1.54) is 11.8 Å². The number of halogens is 1. The van der Waals surface area contributed by atoms with E-state index < -0.39 is 12.2 Å². The molecule has 37 heavy (non-hydrogen) atoms. The fraction of sp³-hybridized carbons (Fsp3) is 0.407. The van der Waals surface area contributed by atoms with Crippen molar-refractivity contribution in [2.45, 2.75) is 37.0 Å². The summed E-state index contributed by atoms with van der Waals surface area (Å²) in [4.78, 5) is 30.9. The van der Waals surface area contributed by atoms with E-state index >= 15 is 0 Å². The quantitative estimate of drug-likeness (QED) is 0.558. The van der Waals surface area contributed by atoms with E-state index in [0.29, 0.717) is 29.4 Å². The van der Waals surface area contributed by atoms with Crippen molar-refractivity contribution in [1.29, 1.82) is 0 Å². The monoisotopic (exact) mass is 523 g/mol. The molecule has 3 unspecified atom stereocenters. The van der Waals surface area contributed by atoms with Gasteiger partial charge in [0.1, 0.15) is 17.7 Å². The number of nitrogens with zero attached hydrogens (tertiary/aromatic N) is 2. The summed E-state index contributed by atoms with van der Waals surface area (Å²) in [7, 11) is 1.84. The second-order valence-electron chi connectivity index (χ2n) is 10.1. The summed E-state index contributed by atoms with van der Waals surface area (Å²) in [5, 5.41) is 9.36. The van der Waals surface area contributed by atoms with Gasteiger partial charge >= 0.3 is 6.03 Å². The lowest BCUT2D eigenvalue weighted by atomic mass is 9.86. The number of carbonyl (C=O) groups is 2. The predicted octanol–water partition coefficient (Wildman–Crippen LogP) is 3.35. The highest BCUT2D eigenvalue weighted by molar-refractivity contribution is 8.04. The van der Waals surface area contributed by atoms with Crippen LogP contribution < -0.4 is 25.6 Å². The lowest BCUT2D eigenvalue weighted by Gasteiger charge is -2.46. The third-order valence-electron chi connectivity index (χ3n) is 7.50. The first-order chi connectivity index (χ1) is 17.9. The molecule has 0 saturated carbocycles. The molecule has 6 rings (SSSR count). The smallest absolute Gasteiger partial charge is 0.326 e. The van der Waals surface area contributed by atoms with Gasteiger partial charge in [-0.15, -0.1) is 0 Å². The first-order valence-electron chi connectivity index (χ1n) is 12.6. The summed E-state index contributed by atoms with van der Waals surface area (Å²) in [5.74, 6) is 1.07. The Kier molecular flexibility index (Phi) is 6.34. The molecule has 3 fully saturated rings. The van der Waals surface area contributed by atoms with E-state index in [9.17, 15) is 14.0 Å². The molecule has 0 aromatic heterocycles. The van der Waals surface area contributed by atoms with Gasteiger partial charge in [-0.3, -0.25) is 9.69 Å². The first-order valence-corrected chi connectivity index (χ1v) is 13.5. The Labute approximate surface area is 219 Å². The summed E-state index contributed by atoms with van der Waals surface area (Å²) in [6, 6.07) is 14.4. The second-order valence-corrected chi connectivity index (χ2v) is 11.2. The van der Waals surface area contributed by atoms with Crippen molar-refractivity contribution < 1.29 is 18.7 Å². The molecule has 0 aliphatic carbocycles. The minimum atomic E-state index is -1.10. The average molecular weight is 524 g/mol. The summed E-state index contributed by atoms with van der Waals surface area (Å²) >= 11 is 1.43. The van der Waals surface area contributed by atoms with Crippen molar-refractivity contribution in [2.24, 2.45) is 5.92 Å². The molecule has 4 aliphatic rings. The number of urea groups is 1. The van der Waals surface area contributed by atoms with Crippen LogP contribution in [0.1, 0.15) is 12.0 Å². The van der Waals surface area contributed by atoms with Gasteiger partial charge in [0.2, 0.25) is 0 Å². The summed E-state index contributed by atoms with van der Waals surface area (Å²) in [6.07, 6.45) is -0.345. The molecule has 3 saturated heterocycles. The molecular weight excluding hydrogens is 493 g/mol. The zero-order valence-corrected chi connectivity index (χ0v) is 21.6. The second kappa shape index (κ2) is 9.66. The molecule has 8 nitrogen and oxygen atoms in total. The lowest BCUT2D eigenvalue weighted by Crippen LogP contribution is -2.62. The van der Waals surface area contributed by atoms with Crippen LogP contribution in [0.2, 0.25) is 0 Å². The van der Waals surface area contributed by atoms with Crippen molar-refractivity contribution >= 4 is 29.4 Å². The molecule has 3 amide bonds. The van der Waals surface area contributed by atoms with Gasteiger partial charge in [0.25, 0.3) is 5.91 Å². The van der Waals surface area contributed by atoms with Gasteiger partial charge in [-0.25, -0.2) is 9.18 Å². The fourth-order valence-electron chi connectivity index (χ4n) is 5.81. The summed E-state index contributed by atoms with van der Waals surface area (Å²) in [5.41, 5.74) is 2.39. The van der Waals surface area contributed by atoms with Crippen LogP contribution in [0.3, 0.4) is 0 Å². The molecule has 194 valence electrons. The van der Waals surface area contributed by atoms with Crippen molar-refractivity contribution in [3.8, 4) is 11.5 Å². The number of hydrogen-bond donors (Lipinski definition) is 3. The number of carbonyl (C=O) groups excluding carboxylic acids is 2. The number of aryl methyl sites for hydroxylation is 1. The van der Waals surface area contributed by atoms with Crippen LogP contribution in [0.15, 0.2) is 59.1 Å². The Bertz CT molecular complexity index is 1260. The Balaban J connectivity index is 1.25. The Morgan fingerprint density at radius 1 is 1.16 bits per heavy atom. The number of nitrogens with one attached hydrogen (secondary N) is 3. The van der Waals surface area contributed by atoms with Gasteiger partial charge in [0, 0.05) is 30.4 Å². The van der Waals surface area contributed by atoms with Crippen LogP contribution in [0, 0.1) is 12.8 Å². The van der Waals surface area contributed by atoms with Crippen molar-refractivity contribution in [3.63, 3.8) is 0 Å². The number of alkyl halides is 1. The number of rotatable bonds is 5. The molecule has 0 bridgehead atoms. The van der Waals surface area contributed by atoms with Crippen LogP contribution in [0.5, 0.6) is 11.5 Å². The number of likely N-dealkylation sites (tertiary alicyclic amines) is 1. The number of ether oxygens (including phenoxy) is 1. The molecule has 4 heterocycles. The van der Waals surface area contributed by atoms with Crippen molar-refractivity contribution in [3.05, 3.63) is 64.7 Å². The summed E-state index contributed by atoms with van der Waals surface area (Å²) in [6.45, 7) is 3.48. The van der Waals surface area contributed by atoms with Gasteiger partial charge in [0.05, 0.1) is 22.4 Å². The summed E-state index contributed by atoms with van der Waals surface area (Å²) < 4.78 is 20.3. The predicted molar refractivity (Wildman–Crippen MR) is 141 cm³/mol. The molecule has 4 aliphatic heterocycles. The number of piperidine rings is 1. The number of anilines is 1. The molecule has 5 atom stereocenters. The largest absolute Gasteiger partial charge is 0.457 e. The van der Waals surface area contributed by atoms with Crippen LogP contribution in [0.25, 0.3) is 0 Å². The maximum absolute atomic E-state index is 14.3. The van der Waals surface area contributed by atoms with E-state index in [1.807, 2.05) is 72.3 Å². The average Bonchev–Trinajstić information content (AvgIpc) is 3.40. The van der Waals surface area contributed by atoms with E-state index in [-0.39, 0.29) is 29.3 Å². The Morgan fingerprint density at radius 2 is 1.97 bits per heavy atom. The highest BCUT2D eigenvalue weighted by Crippen LogP contribution is 2.48. The van der Waals surface area contributed by atoms with Gasteiger partial charge < -0.3 is 25.6 Å². The van der Waals surface area contributed by atoms with E-state index in [4.69, 9.17) is 4.74 Å². The van der Waals surface area contributed by atoms with E-state index in [1.54, 1.807) is 0 Å². The number of thioether (sulfide) groups is 1. The van der Waals surface area contributed by atoms with Gasteiger partial charge in [-0.05, 0) is 62.8 Å². The third-order valence-corrected chi connectivity index (χ3v) is 8.86. The fourth-order valence-corrected chi connectivity index (χ4v) is 7.21. The molecule has 0 radical (unpaired) electrons. The van der Waals surface area contributed by atoms with Gasteiger partial charge in [0.15, 0.2) is 0 Å². The first kappa shape index (κ1) is 24.3. The highest BCUT2D eigenvalue weighted by atomic mass is 32.2. The standard InChI is InChI=1S/C27H30FN5O3S/c1-15-12-17(36-16-6-4-3-5-7-16)8-9-20(15)33-21-10-11-29-26-22(21)23(31-27(33)35)24(37-26)25(34)30-19-14-32(2)13-18(19)28/h3-9,12,18-19,21-22,26,29H,10-11,13-14H2,1-2H3,(H,30,34)(H,31,35)/t18-,19+,21?,22?,26?/m1/s1. The topological polar surface area (TPSA) is 85.9 Å². The number of hydrogen-bond acceptors (Lipinski definition) is 6. The van der Waals surface area contributed by atoms with Gasteiger partial charge in [-0.1, -0.05) is 30.0 Å². The van der Waals surface area contributed by atoms with Crippen LogP contribution >= 0.6 is 11.8 Å². The zero-order chi connectivity index (χ0) is 25.7. The van der Waals surface area contributed by atoms with Crippen LogP contribution in [0.4, 0.5) is 14.9 Å². The molecule has 2 aromatic rings. The maximum Gasteiger partial charge on any atom is 0.326 e. The van der Waals surface area contributed by atoms with Gasteiger partial charge in [-0.2, -0.15) is 0 Å². The minimum Gasteiger partial charge on any atom is -0.457 e. The van der Waals surface area contributed by atoms with Crippen LogP contribution in [-0.4, -0.2) is 67.1 Å². The highest BCUT2D eigenvalue weighted by Gasteiger charge is 2.52. The SMILES string of the molecule is Cc1cc(Oc2ccccc2)ccc1N1C(=O)NC2=C(C(=O)N[C@H]3CN(C)C[C@H]3F)SC3NCCC1C23. The molecule has 3 N–H and O–H groups in total.